The maximum Gasteiger partial charge on any atom is 0.211 e. The van der Waals surface area contributed by atoms with Crippen molar-refractivity contribution in [3.05, 3.63) is 0 Å². The molecular formula is C8H18Br2Si. The number of hydrogen-bond acceptors (Lipinski definition) is 0. The molecule has 0 saturated heterocycles. The van der Waals surface area contributed by atoms with Crippen LogP contribution in [0.15, 0.2) is 0 Å². The Hall–Kier alpha value is 1.18. The Bertz CT molecular complexity index is 123. The summed E-state index contributed by atoms with van der Waals surface area (Å²) in [5, 5.41) is -0.777. The molecule has 0 fully saturated rings. The quantitative estimate of drug-likeness (QED) is 0.444. The van der Waals surface area contributed by atoms with Gasteiger partial charge in [0.15, 0.2) is 0 Å². The molecule has 0 aliphatic heterocycles. The molecule has 0 aromatic rings. The Morgan fingerprint density at radius 1 is 0.727 bits per heavy atom. The molecule has 11 heavy (non-hydrogen) atoms. The Morgan fingerprint density at radius 2 is 0.909 bits per heavy atom. The van der Waals surface area contributed by atoms with Crippen LogP contribution in [0.3, 0.4) is 0 Å². The third kappa shape index (κ3) is 2.56. The van der Waals surface area contributed by atoms with Crippen molar-refractivity contribution in [3.63, 3.8) is 0 Å². The molecule has 68 valence electrons. The lowest BCUT2D eigenvalue weighted by molar-refractivity contribution is 0.658. The fourth-order valence-electron chi connectivity index (χ4n) is 1.12. The number of hydrogen-bond donors (Lipinski definition) is 0. The van der Waals surface area contributed by atoms with Crippen molar-refractivity contribution in [1.29, 1.82) is 0 Å². The van der Waals surface area contributed by atoms with Gasteiger partial charge in [0.1, 0.15) is 0 Å². The Morgan fingerprint density at radius 3 is 0.909 bits per heavy atom. The molecule has 0 nitrogen and oxygen atoms in total. The number of halogens is 2. The van der Waals surface area contributed by atoms with Crippen molar-refractivity contribution in [2.45, 2.75) is 51.6 Å². The highest BCUT2D eigenvalue weighted by molar-refractivity contribution is 9.51. The summed E-state index contributed by atoms with van der Waals surface area (Å²) >= 11 is 7.76. The monoisotopic (exact) mass is 300 g/mol. The van der Waals surface area contributed by atoms with E-state index in [2.05, 4.69) is 72.1 Å². The Balaban J connectivity index is 4.75. The van der Waals surface area contributed by atoms with Crippen LogP contribution in [0.25, 0.3) is 0 Å². The molecule has 0 unspecified atom stereocenters. The van der Waals surface area contributed by atoms with E-state index in [1.54, 1.807) is 0 Å². The second-order valence-electron chi connectivity index (χ2n) is 5.07. The molecule has 0 aromatic carbocycles. The predicted molar refractivity (Wildman–Crippen MR) is 63.0 cm³/mol. The van der Waals surface area contributed by atoms with Gasteiger partial charge in [-0.1, -0.05) is 41.5 Å². The van der Waals surface area contributed by atoms with E-state index < -0.39 is 5.31 Å². The molecule has 0 spiro atoms. The first-order valence-electron chi connectivity index (χ1n) is 3.88. The highest BCUT2D eigenvalue weighted by atomic mass is 79.9. The lowest BCUT2D eigenvalue weighted by Gasteiger charge is -2.42. The van der Waals surface area contributed by atoms with E-state index in [0.717, 1.165) is 0 Å². The van der Waals surface area contributed by atoms with Crippen LogP contribution in [-0.4, -0.2) is 5.31 Å². The molecule has 0 saturated carbocycles. The summed E-state index contributed by atoms with van der Waals surface area (Å²) in [5.41, 5.74) is 0. The fraction of sp³-hybridized carbons (Fsp3) is 1.00. The summed E-state index contributed by atoms with van der Waals surface area (Å²) in [7, 11) is 0. The zero-order chi connectivity index (χ0) is 9.50. The molecule has 0 radical (unpaired) electrons. The van der Waals surface area contributed by atoms with Crippen LogP contribution in [0, 0.1) is 0 Å². The van der Waals surface area contributed by atoms with E-state index in [-0.39, 0.29) is 0 Å². The van der Waals surface area contributed by atoms with Crippen LogP contribution in [0.4, 0.5) is 0 Å². The molecule has 0 amide bonds. The fourth-order valence-corrected chi connectivity index (χ4v) is 3.38. The molecule has 0 rings (SSSR count). The van der Waals surface area contributed by atoms with Crippen molar-refractivity contribution >= 4 is 35.9 Å². The molecular weight excluding hydrogens is 284 g/mol. The number of rotatable bonds is 0. The maximum absolute atomic E-state index is 3.88. The predicted octanol–water partition coefficient (Wildman–Crippen LogP) is 4.82. The molecule has 0 heterocycles. The molecule has 3 heteroatoms. The Kier molecular flexibility index (Phi) is 3.48. The van der Waals surface area contributed by atoms with Crippen LogP contribution < -0.4 is 0 Å². The minimum absolute atomic E-state index is 0.352. The van der Waals surface area contributed by atoms with Gasteiger partial charge in [-0.15, -0.1) is 30.6 Å². The van der Waals surface area contributed by atoms with E-state index in [9.17, 15) is 0 Å². The zero-order valence-electron chi connectivity index (χ0n) is 8.26. The van der Waals surface area contributed by atoms with E-state index in [4.69, 9.17) is 0 Å². The van der Waals surface area contributed by atoms with Crippen molar-refractivity contribution in [1.82, 2.24) is 0 Å². The van der Waals surface area contributed by atoms with Gasteiger partial charge in [0, 0.05) is 0 Å². The second kappa shape index (κ2) is 3.15. The van der Waals surface area contributed by atoms with Gasteiger partial charge < -0.3 is 0 Å². The standard InChI is InChI=1S/C8H18Br2Si/c1-7(2,3)11(9,10)8(4,5)6/h1-6H3. The summed E-state index contributed by atoms with van der Waals surface area (Å²) in [6.07, 6.45) is 0. The lowest BCUT2D eigenvalue weighted by atomic mass is 10.2. The smallest absolute Gasteiger partial charge is 0.110 e. The van der Waals surface area contributed by atoms with E-state index in [1.165, 1.54) is 0 Å². The van der Waals surface area contributed by atoms with Gasteiger partial charge in [-0.05, 0) is 10.1 Å². The van der Waals surface area contributed by atoms with Crippen LogP contribution in [0.1, 0.15) is 41.5 Å². The average Bonchev–Trinajstić information content (AvgIpc) is 1.58. The third-order valence-corrected chi connectivity index (χ3v) is 19.9. The molecule has 0 aromatic heterocycles. The zero-order valence-corrected chi connectivity index (χ0v) is 12.4. The van der Waals surface area contributed by atoms with Crippen molar-refractivity contribution in [2.75, 3.05) is 0 Å². The average molecular weight is 302 g/mol. The summed E-state index contributed by atoms with van der Waals surface area (Å²) in [6, 6.07) is 0. The maximum atomic E-state index is 3.88. The van der Waals surface area contributed by atoms with Crippen molar-refractivity contribution in [2.24, 2.45) is 0 Å². The summed E-state index contributed by atoms with van der Waals surface area (Å²) < 4.78 is 0. The van der Waals surface area contributed by atoms with Gasteiger partial charge in [0.25, 0.3) is 0 Å². The SMILES string of the molecule is CC(C)(C)[Si](Br)(Br)C(C)(C)C. The van der Waals surface area contributed by atoms with Crippen LogP contribution in [0.5, 0.6) is 0 Å². The first-order chi connectivity index (χ1) is 4.50. The van der Waals surface area contributed by atoms with Gasteiger partial charge in [-0.2, -0.15) is 0 Å². The molecule has 0 aliphatic carbocycles. The van der Waals surface area contributed by atoms with Crippen molar-refractivity contribution < 1.29 is 0 Å². The molecule has 0 aliphatic rings. The molecule has 0 bridgehead atoms. The van der Waals surface area contributed by atoms with E-state index in [0.29, 0.717) is 10.1 Å². The largest absolute Gasteiger partial charge is 0.211 e. The summed E-state index contributed by atoms with van der Waals surface area (Å²) in [4.78, 5) is 0. The second-order valence-corrected chi connectivity index (χ2v) is 19.6. The molecule has 0 atom stereocenters. The van der Waals surface area contributed by atoms with Crippen LogP contribution in [0.2, 0.25) is 10.1 Å². The van der Waals surface area contributed by atoms with Crippen LogP contribution in [-0.2, 0) is 0 Å². The first kappa shape index (κ1) is 12.2. The minimum atomic E-state index is -1.48. The highest BCUT2D eigenvalue weighted by Gasteiger charge is 2.49. The van der Waals surface area contributed by atoms with Gasteiger partial charge in [-0.3, -0.25) is 0 Å². The first-order valence-corrected chi connectivity index (χ1v) is 10.4. The minimum Gasteiger partial charge on any atom is -0.110 e. The van der Waals surface area contributed by atoms with Gasteiger partial charge >= 0.3 is 0 Å². The van der Waals surface area contributed by atoms with Crippen molar-refractivity contribution in [3.8, 4) is 0 Å². The summed E-state index contributed by atoms with van der Waals surface area (Å²) in [6.45, 7) is 13.7. The van der Waals surface area contributed by atoms with E-state index >= 15 is 0 Å². The van der Waals surface area contributed by atoms with Crippen LogP contribution >= 0.6 is 30.6 Å². The topological polar surface area (TPSA) is 0 Å². The highest BCUT2D eigenvalue weighted by Crippen LogP contribution is 2.58. The molecule has 0 N–H and O–H groups in total. The van der Waals surface area contributed by atoms with Gasteiger partial charge in [-0.25, -0.2) is 0 Å². The summed E-state index contributed by atoms with van der Waals surface area (Å²) in [5.74, 6) is 0. The Labute approximate surface area is 87.3 Å². The van der Waals surface area contributed by atoms with Gasteiger partial charge in [0.05, 0.1) is 0 Å². The third-order valence-electron chi connectivity index (χ3n) is 1.88. The normalized spacial score (nSPS) is 15.3. The van der Waals surface area contributed by atoms with E-state index in [1.807, 2.05) is 0 Å². The van der Waals surface area contributed by atoms with Gasteiger partial charge in [0.2, 0.25) is 5.31 Å². The lowest BCUT2D eigenvalue weighted by Crippen LogP contribution is -2.39.